The largest absolute Gasteiger partial charge is 0.372 e. The summed E-state index contributed by atoms with van der Waals surface area (Å²) < 4.78 is 5.79. The summed E-state index contributed by atoms with van der Waals surface area (Å²) in [4.78, 5) is 22.0. The first-order chi connectivity index (χ1) is 12.9. The molecule has 1 amide bonds. The number of carbonyl (C=O) groups excluding carboxylic acids is 1. The van der Waals surface area contributed by atoms with Crippen molar-refractivity contribution in [2.45, 2.75) is 39.5 Å². The normalized spacial score (nSPS) is 20.1. The van der Waals surface area contributed by atoms with E-state index in [0.29, 0.717) is 6.54 Å². The van der Waals surface area contributed by atoms with Gasteiger partial charge in [0.05, 0.1) is 23.8 Å². The second kappa shape index (κ2) is 8.82. The number of hydrogen-bond donors (Lipinski definition) is 1. The van der Waals surface area contributed by atoms with Gasteiger partial charge in [-0.3, -0.25) is 9.69 Å². The molecule has 0 spiro atoms. The van der Waals surface area contributed by atoms with Gasteiger partial charge in [-0.05, 0) is 52.1 Å². The third kappa shape index (κ3) is 5.76. The molecule has 0 bridgehead atoms. The molecule has 1 fully saturated rings. The van der Waals surface area contributed by atoms with Crippen LogP contribution in [0.4, 0.5) is 11.4 Å². The summed E-state index contributed by atoms with van der Waals surface area (Å²) in [5.74, 6) is -0.0138. The Kier molecular flexibility index (Phi) is 6.46. The molecule has 0 aliphatic carbocycles. The lowest BCUT2D eigenvalue weighted by molar-refractivity contribution is -0.117. The van der Waals surface area contributed by atoms with E-state index in [9.17, 15) is 4.79 Å². The van der Waals surface area contributed by atoms with E-state index in [-0.39, 0.29) is 18.1 Å². The zero-order chi connectivity index (χ0) is 19.4. The van der Waals surface area contributed by atoms with Crippen LogP contribution in [0.2, 0.25) is 0 Å². The van der Waals surface area contributed by atoms with Crippen LogP contribution >= 0.6 is 11.3 Å². The molecule has 2 unspecified atom stereocenters. The maximum absolute atomic E-state index is 12.3. The highest BCUT2D eigenvalue weighted by Crippen LogP contribution is 2.22. The summed E-state index contributed by atoms with van der Waals surface area (Å²) in [5.41, 5.74) is 1.98. The molecule has 7 heteroatoms. The average Bonchev–Trinajstić information content (AvgIpc) is 2.99. The van der Waals surface area contributed by atoms with Gasteiger partial charge in [0.15, 0.2) is 0 Å². The fourth-order valence-corrected chi connectivity index (χ4v) is 4.27. The molecule has 1 aliphatic rings. The predicted octanol–water partition coefficient (Wildman–Crippen LogP) is 3.14. The van der Waals surface area contributed by atoms with E-state index in [1.807, 2.05) is 37.2 Å². The van der Waals surface area contributed by atoms with Gasteiger partial charge in [0.1, 0.15) is 0 Å². The zero-order valence-electron chi connectivity index (χ0n) is 16.4. The van der Waals surface area contributed by atoms with E-state index >= 15 is 0 Å². The van der Waals surface area contributed by atoms with Crippen LogP contribution in [0.15, 0.2) is 30.5 Å². The van der Waals surface area contributed by atoms with E-state index in [1.54, 1.807) is 11.3 Å². The lowest BCUT2D eigenvalue weighted by Gasteiger charge is -2.36. The molecule has 1 aromatic carbocycles. The second-order valence-electron chi connectivity index (χ2n) is 7.28. The van der Waals surface area contributed by atoms with Gasteiger partial charge >= 0.3 is 0 Å². The minimum Gasteiger partial charge on any atom is -0.372 e. The van der Waals surface area contributed by atoms with E-state index in [4.69, 9.17) is 4.74 Å². The predicted molar refractivity (Wildman–Crippen MR) is 110 cm³/mol. The smallest absolute Gasteiger partial charge is 0.238 e. The Labute approximate surface area is 165 Å². The van der Waals surface area contributed by atoms with E-state index in [1.165, 1.54) is 4.88 Å². The highest BCUT2D eigenvalue weighted by Gasteiger charge is 2.22. The van der Waals surface area contributed by atoms with Gasteiger partial charge in [0.25, 0.3) is 0 Å². The molecule has 0 saturated carbocycles. The summed E-state index contributed by atoms with van der Waals surface area (Å²) in [6, 6.07) is 8.05. The van der Waals surface area contributed by atoms with Crippen LogP contribution < -0.4 is 10.2 Å². The summed E-state index contributed by atoms with van der Waals surface area (Å²) >= 11 is 1.66. The minimum absolute atomic E-state index is 0.0138. The Hall–Kier alpha value is -1.96. The molecule has 146 valence electrons. The first-order valence-electron chi connectivity index (χ1n) is 9.29. The monoisotopic (exact) mass is 388 g/mol. The number of hydrogen-bond acceptors (Lipinski definition) is 6. The Morgan fingerprint density at radius 3 is 2.56 bits per heavy atom. The third-order valence-corrected chi connectivity index (χ3v) is 5.34. The number of ether oxygens (including phenoxy) is 1. The number of rotatable bonds is 6. The van der Waals surface area contributed by atoms with Crippen molar-refractivity contribution in [3.63, 3.8) is 0 Å². The molecule has 6 nitrogen and oxygen atoms in total. The van der Waals surface area contributed by atoms with Crippen molar-refractivity contribution in [2.24, 2.45) is 0 Å². The number of thiazole rings is 1. The molecule has 0 radical (unpaired) electrons. The van der Waals surface area contributed by atoms with Gasteiger partial charge in [-0.1, -0.05) is 0 Å². The van der Waals surface area contributed by atoms with Gasteiger partial charge in [-0.15, -0.1) is 11.3 Å². The summed E-state index contributed by atoms with van der Waals surface area (Å²) in [6.45, 7) is 9.03. The molecule has 1 saturated heterocycles. The number of amides is 1. The number of anilines is 2. The van der Waals surface area contributed by atoms with Crippen LogP contribution in [0.25, 0.3) is 0 Å². The summed E-state index contributed by atoms with van der Waals surface area (Å²) in [6.07, 6.45) is 2.33. The second-order valence-corrected chi connectivity index (χ2v) is 8.59. The third-order valence-electron chi connectivity index (χ3n) is 4.44. The highest BCUT2D eigenvalue weighted by molar-refractivity contribution is 7.11. The number of nitrogens with zero attached hydrogens (tertiary/aromatic N) is 3. The number of likely N-dealkylation sites (N-methyl/N-ethyl adjacent to an activating group) is 1. The lowest BCUT2D eigenvalue weighted by Crippen LogP contribution is -2.45. The van der Waals surface area contributed by atoms with Crippen LogP contribution in [0.3, 0.4) is 0 Å². The Morgan fingerprint density at radius 2 is 1.96 bits per heavy atom. The molecular weight excluding hydrogens is 360 g/mol. The quantitative estimate of drug-likeness (QED) is 0.824. The van der Waals surface area contributed by atoms with E-state index in [2.05, 4.69) is 41.2 Å². The molecule has 3 rings (SSSR count). The maximum Gasteiger partial charge on any atom is 0.238 e. The summed E-state index contributed by atoms with van der Waals surface area (Å²) in [7, 11) is 1.94. The van der Waals surface area contributed by atoms with Crippen molar-refractivity contribution < 1.29 is 9.53 Å². The fourth-order valence-electron chi connectivity index (χ4n) is 3.39. The van der Waals surface area contributed by atoms with Gasteiger partial charge < -0.3 is 15.0 Å². The van der Waals surface area contributed by atoms with Crippen molar-refractivity contribution >= 4 is 28.6 Å². The van der Waals surface area contributed by atoms with Gasteiger partial charge in [0.2, 0.25) is 5.91 Å². The minimum atomic E-state index is -0.0138. The number of benzene rings is 1. The maximum atomic E-state index is 12.3. The van der Waals surface area contributed by atoms with E-state index < -0.39 is 0 Å². The van der Waals surface area contributed by atoms with Crippen molar-refractivity contribution in [1.29, 1.82) is 0 Å². The number of carbonyl (C=O) groups is 1. The molecule has 2 aromatic rings. The van der Waals surface area contributed by atoms with Crippen molar-refractivity contribution in [3.8, 4) is 0 Å². The first-order valence-corrected chi connectivity index (χ1v) is 10.1. The van der Waals surface area contributed by atoms with E-state index in [0.717, 1.165) is 36.0 Å². The van der Waals surface area contributed by atoms with Crippen LogP contribution in [0, 0.1) is 6.92 Å². The molecule has 1 aromatic heterocycles. The average molecular weight is 389 g/mol. The highest BCUT2D eigenvalue weighted by atomic mass is 32.1. The van der Waals surface area contributed by atoms with Crippen LogP contribution in [-0.4, -0.2) is 54.7 Å². The number of aryl methyl sites for hydroxylation is 1. The number of nitrogens with one attached hydrogen (secondary N) is 1. The molecule has 1 aliphatic heterocycles. The van der Waals surface area contributed by atoms with Crippen LogP contribution in [0.1, 0.15) is 23.7 Å². The molecular formula is C20H28N4O2S. The SMILES string of the molecule is Cc1ncc(CN(C)CC(=O)Nc2ccc(N3CC(C)OC(C)C3)cc2)s1. The Bertz CT molecular complexity index is 752. The molecule has 27 heavy (non-hydrogen) atoms. The topological polar surface area (TPSA) is 57.7 Å². The standard InChI is InChI=1S/C20H28N4O2S/c1-14-10-24(11-15(2)26-14)18-7-5-17(6-8-18)22-20(25)13-23(4)12-19-9-21-16(3)27-19/h5-9,14-15H,10-13H2,1-4H3,(H,22,25). The van der Waals surface area contributed by atoms with Gasteiger partial charge in [0, 0.05) is 42.1 Å². The van der Waals surface area contributed by atoms with Gasteiger partial charge in [-0.25, -0.2) is 4.98 Å². The molecule has 1 N–H and O–H groups in total. The lowest BCUT2D eigenvalue weighted by atomic mass is 10.2. The van der Waals surface area contributed by atoms with Gasteiger partial charge in [-0.2, -0.15) is 0 Å². The van der Waals surface area contributed by atoms with Crippen LogP contribution in [0.5, 0.6) is 0 Å². The number of aromatic nitrogens is 1. The van der Waals surface area contributed by atoms with Crippen LogP contribution in [-0.2, 0) is 16.1 Å². The Morgan fingerprint density at radius 1 is 1.30 bits per heavy atom. The fraction of sp³-hybridized carbons (Fsp3) is 0.500. The van der Waals surface area contributed by atoms with Crippen molar-refractivity contribution in [2.75, 3.05) is 36.9 Å². The summed E-state index contributed by atoms with van der Waals surface area (Å²) in [5, 5.41) is 4.02. The zero-order valence-corrected chi connectivity index (χ0v) is 17.3. The molecule has 2 heterocycles. The van der Waals surface area contributed by atoms with Crippen molar-refractivity contribution in [3.05, 3.63) is 40.3 Å². The van der Waals surface area contributed by atoms with Crippen molar-refractivity contribution in [1.82, 2.24) is 9.88 Å². The Balaban J connectivity index is 1.50. The molecule has 2 atom stereocenters. The first kappa shape index (κ1) is 19.8. The number of morpholine rings is 1.